The Kier molecular flexibility index (Phi) is 6.80. The number of rotatable bonds is 3. The highest BCUT2D eigenvalue weighted by molar-refractivity contribution is 6.16. The maximum atomic E-state index is 13.7. The van der Waals surface area contributed by atoms with E-state index >= 15 is 0 Å². The maximum Gasteiger partial charge on any atom is 0.340 e. The number of carbonyl (C=O) groups is 2. The number of aliphatic hydroxyl groups is 1. The molecule has 0 bridgehead atoms. The minimum Gasteiger partial charge on any atom is -0.490 e. The number of amidine groups is 1. The van der Waals surface area contributed by atoms with E-state index in [4.69, 9.17) is 19.6 Å². The van der Waals surface area contributed by atoms with Crippen molar-refractivity contribution in [3.05, 3.63) is 41.4 Å². The van der Waals surface area contributed by atoms with E-state index in [-0.39, 0.29) is 40.5 Å². The molecule has 10 heteroatoms. The molecule has 0 aromatic carbocycles. The summed E-state index contributed by atoms with van der Waals surface area (Å²) in [5.74, 6) is -0.402. The number of ether oxygens (including phenoxy) is 3. The van der Waals surface area contributed by atoms with Gasteiger partial charge in [0.05, 0.1) is 36.8 Å². The molecule has 9 atom stereocenters. The number of carbonyl (C=O) groups excluding carboxylic acids is 2. The first-order chi connectivity index (χ1) is 20.5. The quantitative estimate of drug-likeness (QED) is 0.456. The van der Waals surface area contributed by atoms with E-state index in [1.54, 1.807) is 24.5 Å². The zero-order valence-electron chi connectivity index (χ0n) is 25.6. The molecule has 9 unspecified atom stereocenters. The molecule has 1 spiro atoms. The van der Waals surface area contributed by atoms with E-state index in [1.165, 1.54) is 0 Å². The van der Waals surface area contributed by atoms with Gasteiger partial charge in [0.1, 0.15) is 23.3 Å². The Morgan fingerprint density at radius 1 is 1.21 bits per heavy atom. The third kappa shape index (κ3) is 4.15. The van der Waals surface area contributed by atoms with Gasteiger partial charge in [-0.05, 0) is 49.1 Å². The number of fused-ring (bicyclic) bond motifs is 2. The fourth-order valence-corrected chi connectivity index (χ4v) is 10.1. The lowest BCUT2D eigenvalue weighted by atomic mass is 9.42. The van der Waals surface area contributed by atoms with Crippen LogP contribution in [0.25, 0.3) is 0 Å². The van der Waals surface area contributed by atoms with Crippen molar-refractivity contribution < 1.29 is 28.9 Å². The van der Waals surface area contributed by atoms with Crippen molar-refractivity contribution in [1.29, 1.82) is 5.41 Å². The average molecular weight is 593 g/mol. The van der Waals surface area contributed by atoms with Gasteiger partial charge in [-0.15, -0.1) is 0 Å². The van der Waals surface area contributed by atoms with Crippen LogP contribution in [-0.2, 0) is 19.0 Å². The molecule has 4 heterocycles. The number of nitrogens with one attached hydrogen (secondary N) is 2. The first kappa shape index (κ1) is 28.9. The van der Waals surface area contributed by atoms with Crippen molar-refractivity contribution >= 4 is 17.7 Å². The van der Waals surface area contributed by atoms with Crippen LogP contribution in [0.5, 0.6) is 0 Å². The number of esters is 1. The normalized spacial score (nSPS) is 42.1. The Balaban J connectivity index is 1.37. The van der Waals surface area contributed by atoms with E-state index < -0.39 is 29.7 Å². The van der Waals surface area contributed by atoms with E-state index in [0.717, 1.165) is 25.9 Å². The Labute approximate surface area is 253 Å². The summed E-state index contributed by atoms with van der Waals surface area (Å²) in [6.07, 6.45) is 5.48. The van der Waals surface area contributed by atoms with Gasteiger partial charge in [-0.2, -0.15) is 0 Å². The van der Waals surface area contributed by atoms with Crippen LogP contribution in [-0.4, -0.2) is 82.9 Å². The molecular weight excluding hydrogens is 548 g/mol. The molecule has 1 amide bonds. The molecule has 3 aliphatic heterocycles. The van der Waals surface area contributed by atoms with Gasteiger partial charge in [-0.1, -0.05) is 27.7 Å². The topological polar surface area (TPSA) is 134 Å². The van der Waals surface area contributed by atoms with Crippen molar-refractivity contribution in [2.24, 2.45) is 34.5 Å². The summed E-state index contributed by atoms with van der Waals surface area (Å²) < 4.78 is 19.6. The Bertz CT molecular complexity index is 1360. The summed E-state index contributed by atoms with van der Waals surface area (Å²) in [7, 11) is 0. The summed E-state index contributed by atoms with van der Waals surface area (Å²) in [6.45, 7) is 12.0. The highest BCUT2D eigenvalue weighted by Crippen LogP contribution is 2.69. The lowest BCUT2D eigenvalue weighted by Gasteiger charge is -2.70. The van der Waals surface area contributed by atoms with E-state index in [0.29, 0.717) is 55.3 Å². The van der Waals surface area contributed by atoms with Crippen molar-refractivity contribution in [3.8, 4) is 0 Å². The molecule has 3 saturated heterocycles. The number of nitrogens with zero attached hydrogens (tertiary/aromatic N) is 2. The first-order valence-corrected chi connectivity index (χ1v) is 15.9. The van der Waals surface area contributed by atoms with Crippen molar-refractivity contribution in [3.63, 3.8) is 0 Å². The van der Waals surface area contributed by atoms with Crippen LogP contribution in [0.4, 0.5) is 0 Å². The highest BCUT2D eigenvalue weighted by Gasteiger charge is 2.72. The first-order valence-electron chi connectivity index (χ1n) is 15.9. The second-order valence-electron chi connectivity index (χ2n) is 14.6. The maximum absolute atomic E-state index is 13.7. The number of hydrogen-bond donors (Lipinski definition) is 3. The van der Waals surface area contributed by atoms with E-state index in [1.807, 2.05) is 0 Å². The number of aromatic nitrogens is 1. The smallest absolute Gasteiger partial charge is 0.340 e. The largest absolute Gasteiger partial charge is 0.490 e. The lowest BCUT2D eigenvalue weighted by Crippen LogP contribution is -2.75. The average Bonchev–Trinajstić information content (AvgIpc) is 3.26. The SMILES string of the molecule is CC1CCC2C(C)(C)C(N3CCOCC3)C(OC(=O)c3cccnc3)CC23OC2=C4C(=N)NC(=O)C4CC(O)C2CC13C. The van der Waals surface area contributed by atoms with Crippen molar-refractivity contribution in [2.45, 2.75) is 83.6 Å². The molecule has 1 aromatic heterocycles. The predicted molar refractivity (Wildman–Crippen MR) is 157 cm³/mol. The van der Waals surface area contributed by atoms with Gasteiger partial charge in [-0.3, -0.25) is 20.1 Å². The third-order valence-corrected chi connectivity index (χ3v) is 12.3. The zero-order chi connectivity index (χ0) is 30.3. The van der Waals surface area contributed by atoms with Gasteiger partial charge >= 0.3 is 5.97 Å². The molecule has 0 radical (unpaired) electrons. The number of aliphatic hydroxyl groups excluding tert-OH is 1. The summed E-state index contributed by atoms with van der Waals surface area (Å²) >= 11 is 0. The summed E-state index contributed by atoms with van der Waals surface area (Å²) in [5, 5.41) is 22.8. The molecule has 7 rings (SSSR count). The molecule has 10 nitrogen and oxygen atoms in total. The second kappa shape index (κ2) is 10.1. The van der Waals surface area contributed by atoms with Crippen molar-refractivity contribution in [2.75, 3.05) is 26.3 Å². The molecule has 232 valence electrons. The van der Waals surface area contributed by atoms with Crippen LogP contribution in [0.3, 0.4) is 0 Å². The fraction of sp³-hybridized carbons (Fsp3) is 0.697. The Hall–Kier alpha value is -2.82. The molecule has 2 saturated carbocycles. The number of morpholine rings is 1. The van der Waals surface area contributed by atoms with E-state index in [9.17, 15) is 14.7 Å². The molecule has 6 aliphatic rings. The molecule has 3 N–H and O–H groups in total. The van der Waals surface area contributed by atoms with Gasteiger partial charge < -0.3 is 24.6 Å². The van der Waals surface area contributed by atoms with Crippen molar-refractivity contribution in [1.82, 2.24) is 15.2 Å². The third-order valence-electron chi connectivity index (χ3n) is 12.3. The van der Waals surface area contributed by atoms with Gasteiger partial charge in [0.25, 0.3) is 0 Å². The Morgan fingerprint density at radius 3 is 2.70 bits per heavy atom. The summed E-state index contributed by atoms with van der Waals surface area (Å²) in [5.41, 5.74) is -0.353. The number of amides is 1. The number of pyridine rings is 1. The van der Waals surface area contributed by atoms with Gasteiger partial charge in [-0.25, -0.2) is 4.79 Å². The monoisotopic (exact) mass is 592 g/mol. The summed E-state index contributed by atoms with van der Waals surface area (Å²) in [4.78, 5) is 33.1. The minimum atomic E-state index is -0.723. The van der Waals surface area contributed by atoms with Gasteiger partial charge in [0.15, 0.2) is 0 Å². The van der Waals surface area contributed by atoms with Crippen LogP contribution in [0.2, 0.25) is 0 Å². The number of hydrogen-bond acceptors (Lipinski definition) is 9. The van der Waals surface area contributed by atoms with Crippen LogP contribution in [0, 0.1) is 39.9 Å². The molecule has 1 aromatic rings. The van der Waals surface area contributed by atoms with Crippen LogP contribution < -0.4 is 5.32 Å². The summed E-state index contributed by atoms with van der Waals surface area (Å²) in [6, 6.07) is 3.42. The molecular formula is C33H44N4O6. The molecule has 43 heavy (non-hydrogen) atoms. The molecule has 5 fully saturated rings. The highest BCUT2D eigenvalue weighted by atomic mass is 16.6. The Morgan fingerprint density at radius 2 is 1.98 bits per heavy atom. The zero-order valence-corrected chi connectivity index (χ0v) is 25.6. The van der Waals surface area contributed by atoms with Gasteiger partial charge in [0.2, 0.25) is 5.91 Å². The van der Waals surface area contributed by atoms with Crippen LogP contribution in [0.15, 0.2) is 35.9 Å². The van der Waals surface area contributed by atoms with E-state index in [2.05, 4.69) is 42.9 Å². The standard InChI is InChI=1S/C33H44N4O6/c1-18-7-8-24-31(2,3)27(37-10-12-41-13-11-37)23(42-30(40)19-6-5-9-35-17-19)16-33(24)32(18,4)15-21-22(38)14-20-25(26(21)43-33)28(34)36-29(20)39/h5-6,9,17-18,20-24,27,38H,7-8,10-16H2,1-4H3,(H2,34,36,39). The minimum absolute atomic E-state index is 0.0537. The fourth-order valence-electron chi connectivity index (χ4n) is 10.1. The lowest BCUT2D eigenvalue weighted by molar-refractivity contribution is -0.292. The second-order valence-corrected chi connectivity index (χ2v) is 14.6. The van der Waals surface area contributed by atoms with Gasteiger partial charge in [0, 0.05) is 54.7 Å². The predicted octanol–water partition coefficient (Wildman–Crippen LogP) is 3.31. The van der Waals surface area contributed by atoms with Crippen LogP contribution >= 0.6 is 0 Å². The van der Waals surface area contributed by atoms with Crippen LogP contribution in [0.1, 0.15) is 70.2 Å². The molecule has 3 aliphatic carbocycles.